The third-order valence-electron chi connectivity index (χ3n) is 3.58. The van der Waals surface area contributed by atoms with Crippen molar-refractivity contribution in [1.29, 1.82) is 0 Å². The molecule has 0 atom stereocenters. The van der Waals surface area contributed by atoms with Gasteiger partial charge in [0.15, 0.2) is 0 Å². The molecule has 2 rings (SSSR count). The van der Waals surface area contributed by atoms with Crippen molar-refractivity contribution >= 4 is 5.82 Å². The lowest BCUT2D eigenvalue weighted by molar-refractivity contribution is 0.722. The van der Waals surface area contributed by atoms with E-state index in [0.29, 0.717) is 0 Å². The van der Waals surface area contributed by atoms with Crippen molar-refractivity contribution in [2.24, 2.45) is 0 Å². The van der Waals surface area contributed by atoms with Crippen LogP contribution < -0.4 is 10.2 Å². The topological polar surface area (TPSA) is 28.2 Å². The normalized spacial score (nSPS) is 10.6. The molecule has 0 radical (unpaired) electrons. The van der Waals surface area contributed by atoms with E-state index < -0.39 is 0 Å². The molecule has 0 spiro atoms. The molecule has 0 unspecified atom stereocenters. The molecule has 2 aromatic rings. The minimum absolute atomic E-state index is 0.884. The fraction of sp³-hybridized carbons (Fsp3) is 0.389. The molecule has 21 heavy (non-hydrogen) atoms. The lowest BCUT2D eigenvalue weighted by Gasteiger charge is -2.24. The van der Waals surface area contributed by atoms with Gasteiger partial charge in [-0.25, -0.2) is 4.98 Å². The number of benzene rings is 1. The van der Waals surface area contributed by atoms with E-state index in [1.54, 1.807) is 0 Å². The van der Waals surface area contributed by atoms with Gasteiger partial charge in [-0.05, 0) is 43.1 Å². The van der Waals surface area contributed by atoms with E-state index in [9.17, 15) is 0 Å². The maximum Gasteiger partial charge on any atom is 0.131 e. The number of nitrogens with one attached hydrogen (secondary N) is 1. The molecule has 112 valence electrons. The van der Waals surface area contributed by atoms with Gasteiger partial charge in [0.25, 0.3) is 0 Å². The van der Waals surface area contributed by atoms with E-state index >= 15 is 0 Å². The summed E-state index contributed by atoms with van der Waals surface area (Å²) < 4.78 is 0. The average Bonchev–Trinajstić information content (AvgIpc) is 2.52. The SMILES string of the molecule is CCNCc1cnc(N(CC)Cc2ccccc2)c(C)c1. The number of aryl methyl sites for hydroxylation is 1. The Hall–Kier alpha value is -1.87. The third kappa shape index (κ3) is 4.30. The number of anilines is 1. The Labute approximate surface area is 128 Å². The van der Waals surface area contributed by atoms with Gasteiger partial charge in [-0.3, -0.25) is 0 Å². The van der Waals surface area contributed by atoms with Crippen molar-refractivity contribution in [3.05, 3.63) is 59.3 Å². The quantitative estimate of drug-likeness (QED) is 0.842. The van der Waals surface area contributed by atoms with Gasteiger partial charge < -0.3 is 10.2 Å². The minimum atomic E-state index is 0.884. The molecule has 0 amide bonds. The summed E-state index contributed by atoms with van der Waals surface area (Å²) in [6.07, 6.45) is 1.98. The van der Waals surface area contributed by atoms with Gasteiger partial charge in [-0.1, -0.05) is 37.3 Å². The second-order valence-electron chi connectivity index (χ2n) is 5.26. The molecular formula is C18H25N3. The van der Waals surface area contributed by atoms with Gasteiger partial charge in [-0.15, -0.1) is 0 Å². The predicted molar refractivity (Wildman–Crippen MR) is 89.5 cm³/mol. The average molecular weight is 283 g/mol. The molecule has 0 bridgehead atoms. The van der Waals surface area contributed by atoms with Crippen LogP contribution in [0.1, 0.15) is 30.5 Å². The first-order chi connectivity index (χ1) is 10.2. The summed E-state index contributed by atoms with van der Waals surface area (Å²) in [5.41, 5.74) is 3.80. The zero-order chi connectivity index (χ0) is 15.1. The summed E-state index contributed by atoms with van der Waals surface area (Å²) >= 11 is 0. The Balaban J connectivity index is 2.14. The number of aromatic nitrogens is 1. The molecule has 3 heteroatoms. The van der Waals surface area contributed by atoms with Crippen LogP contribution in [0, 0.1) is 6.92 Å². The highest BCUT2D eigenvalue weighted by Crippen LogP contribution is 2.20. The van der Waals surface area contributed by atoms with Crippen LogP contribution in [0.25, 0.3) is 0 Å². The number of rotatable bonds is 7. The molecule has 0 saturated carbocycles. The first kappa shape index (κ1) is 15.5. The Kier molecular flexibility index (Phi) is 5.76. The monoisotopic (exact) mass is 283 g/mol. The Bertz CT molecular complexity index is 552. The van der Waals surface area contributed by atoms with Crippen molar-refractivity contribution < 1.29 is 0 Å². The van der Waals surface area contributed by atoms with E-state index in [4.69, 9.17) is 0 Å². The summed E-state index contributed by atoms with van der Waals surface area (Å²) in [6.45, 7) is 10.2. The lowest BCUT2D eigenvalue weighted by Crippen LogP contribution is -2.24. The molecule has 1 aromatic carbocycles. The van der Waals surface area contributed by atoms with Crippen molar-refractivity contribution in [2.45, 2.75) is 33.9 Å². The lowest BCUT2D eigenvalue weighted by atomic mass is 10.1. The van der Waals surface area contributed by atoms with Crippen LogP contribution >= 0.6 is 0 Å². The van der Waals surface area contributed by atoms with E-state index in [1.807, 2.05) is 6.20 Å². The highest BCUT2D eigenvalue weighted by Gasteiger charge is 2.10. The van der Waals surface area contributed by atoms with Crippen molar-refractivity contribution in [2.75, 3.05) is 18.0 Å². The van der Waals surface area contributed by atoms with Gasteiger partial charge in [0.2, 0.25) is 0 Å². The number of hydrogen-bond acceptors (Lipinski definition) is 3. The van der Waals surface area contributed by atoms with E-state index in [1.165, 1.54) is 16.7 Å². The zero-order valence-corrected chi connectivity index (χ0v) is 13.3. The molecule has 0 aliphatic carbocycles. The van der Waals surface area contributed by atoms with Crippen molar-refractivity contribution in [3.8, 4) is 0 Å². The smallest absolute Gasteiger partial charge is 0.131 e. The van der Waals surface area contributed by atoms with Crippen LogP contribution in [0.15, 0.2) is 42.6 Å². The summed E-state index contributed by atoms with van der Waals surface area (Å²) in [5, 5.41) is 3.34. The van der Waals surface area contributed by atoms with E-state index in [-0.39, 0.29) is 0 Å². The molecular weight excluding hydrogens is 258 g/mol. The van der Waals surface area contributed by atoms with Crippen LogP contribution in [0.2, 0.25) is 0 Å². The Morgan fingerprint density at radius 2 is 1.86 bits per heavy atom. The first-order valence-electron chi connectivity index (χ1n) is 7.69. The van der Waals surface area contributed by atoms with Crippen LogP contribution in [0.4, 0.5) is 5.82 Å². The largest absolute Gasteiger partial charge is 0.352 e. The van der Waals surface area contributed by atoms with Crippen molar-refractivity contribution in [3.63, 3.8) is 0 Å². The predicted octanol–water partition coefficient (Wildman–Crippen LogP) is 3.53. The number of nitrogens with zero attached hydrogens (tertiary/aromatic N) is 2. The Morgan fingerprint density at radius 1 is 1.10 bits per heavy atom. The van der Waals surface area contributed by atoms with Crippen molar-refractivity contribution in [1.82, 2.24) is 10.3 Å². The fourth-order valence-corrected chi connectivity index (χ4v) is 2.46. The van der Waals surface area contributed by atoms with Gasteiger partial charge in [-0.2, -0.15) is 0 Å². The molecule has 0 aliphatic rings. The van der Waals surface area contributed by atoms with Crippen LogP contribution in [-0.4, -0.2) is 18.1 Å². The van der Waals surface area contributed by atoms with Gasteiger partial charge >= 0.3 is 0 Å². The van der Waals surface area contributed by atoms with E-state index in [0.717, 1.165) is 32.0 Å². The molecule has 0 saturated heterocycles. The molecule has 1 N–H and O–H groups in total. The van der Waals surface area contributed by atoms with Crippen LogP contribution in [-0.2, 0) is 13.1 Å². The maximum absolute atomic E-state index is 4.68. The number of hydrogen-bond donors (Lipinski definition) is 1. The van der Waals surface area contributed by atoms with E-state index in [2.05, 4.69) is 72.4 Å². The first-order valence-corrected chi connectivity index (χ1v) is 7.69. The minimum Gasteiger partial charge on any atom is -0.352 e. The van der Waals surface area contributed by atoms with Crippen LogP contribution in [0.5, 0.6) is 0 Å². The molecule has 1 heterocycles. The Morgan fingerprint density at radius 3 is 2.48 bits per heavy atom. The fourth-order valence-electron chi connectivity index (χ4n) is 2.46. The standard InChI is InChI=1S/C18H25N3/c1-4-19-12-17-11-15(3)18(20-13-17)21(5-2)14-16-9-7-6-8-10-16/h6-11,13,19H,4-5,12,14H2,1-3H3. The zero-order valence-electron chi connectivity index (χ0n) is 13.3. The molecule has 3 nitrogen and oxygen atoms in total. The summed E-state index contributed by atoms with van der Waals surface area (Å²) in [4.78, 5) is 7.01. The summed E-state index contributed by atoms with van der Waals surface area (Å²) in [7, 11) is 0. The van der Waals surface area contributed by atoms with Crippen LogP contribution in [0.3, 0.4) is 0 Å². The molecule has 0 aliphatic heterocycles. The molecule has 1 aromatic heterocycles. The highest BCUT2D eigenvalue weighted by molar-refractivity contribution is 5.47. The van der Waals surface area contributed by atoms with Gasteiger partial charge in [0.1, 0.15) is 5.82 Å². The highest BCUT2D eigenvalue weighted by atomic mass is 15.2. The van der Waals surface area contributed by atoms with Gasteiger partial charge in [0.05, 0.1) is 0 Å². The third-order valence-corrected chi connectivity index (χ3v) is 3.58. The summed E-state index contributed by atoms with van der Waals surface area (Å²) in [6, 6.07) is 12.8. The second kappa shape index (κ2) is 7.79. The van der Waals surface area contributed by atoms with Gasteiger partial charge in [0, 0.05) is 25.8 Å². The maximum atomic E-state index is 4.68. The second-order valence-corrected chi connectivity index (χ2v) is 5.26. The molecule has 0 fully saturated rings. The summed E-state index contributed by atoms with van der Waals surface area (Å²) in [5.74, 6) is 1.08. The number of pyridine rings is 1.